The van der Waals surface area contributed by atoms with Crippen molar-refractivity contribution in [3.63, 3.8) is 0 Å². The molecule has 0 amide bonds. The van der Waals surface area contributed by atoms with Gasteiger partial charge in [-0.15, -0.1) is 0 Å². The van der Waals surface area contributed by atoms with Crippen molar-refractivity contribution in [1.29, 1.82) is 0 Å². The molecule has 2 unspecified atom stereocenters. The molecule has 0 spiro atoms. The maximum absolute atomic E-state index is 14.3. The number of anilines is 2. The summed E-state index contributed by atoms with van der Waals surface area (Å²) < 4.78 is 6.93. The predicted octanol–water partition coefficient (Wildman–Crippen LogP) is 5.27. The molecule has 0 aliphatic carbocycles. The van der Waals surface area contributed by atoms with Gasteiger partial charge >= 0.3 is 5.97 Å². The largest absolute Gasteiger partial charge is 0.464 e. The molecule has 4 heterocycles. The second-order valence-electron chi connectivity index (χ2n) is 10.1. The van der Waals surface area contributed by atoms with Crippen LogP contribution < -0.4 is 10.6 Å². The van der Waals surface area contributed by atoms with E-state index in [2.05, 4.69) is 15.6 Å². The summed E-state index contributed by atoms with van der Waals surface area (Å²) in [5, 5.41) is 19.9. The summed E-state index contributed by atoms with van der Waals surface area (Å²) in [6.07, 6.45) is 2.85. The molecule has 7 rings (SSSR count). The first-order valence-corrected chi connectivity index (χ1v) is 13.2. The van der Waals surface area contributed by atoms with E-state index in [-0.39, 0.29) is 17.6 Å². The molecule has 3 aromatic carbocycles. The molecule has 0 saturated carbocycles. The Kier molecular flexibility index (Phi) is 5.38. The van der Waals surface area contributed by atoms with Gasteiger partial charge in [0.25, 0.3) is 11.6 Å². The maximum atomic E-state index is 14.3. The number of aromatic nitrogens is 2. The normalized spacial score (nSPS) is 17.3. The number of nitrogens with one attached hydrogen (secondary N) is 3. The van der Waals surface area contributed by atoms with Crippen molar-refractivity contribution in [2.45, 2.75) is 31.8 Å². The minimum absolute atomic E-state index is 0.0245. The number of benzene rings is 3. The Balaban J connectivity index is 1.34. The van der Waals surface area contributed by atoms with Crippen LogP contribution in [0.4, 0.5) is 17.1 Å². The molecule has 10 nitrogen and oxygen atoms in total. The van der Waals surface area contributed by atoms with Crippen LogP contribution in [0.5, 0.6) is 0 Å². The average molecular weight is 536 g/mol. The van der Waals surface area contributed by atoms with Gasteiger partial charge in [0.15, 0.2) is 0 Å². The van der Waals surface area contributed by atoms with Crippen LogP contribution in [0.25, 0.3) is 33.1 Å². The summed E-state index contributed by atoms with van der Waals surface area (Å²) in [4.78, 5) is 40.8. The van der Waals surface area contributed by atoms with Crippen molar-refractivity contribution in [2.75, 3.05) is 17.2 Å². The summed E-state index contributed by atoms with van der Waals surface area (Å²) in [5.74, 6) is -0.446. The van der Waals surface area contributed by atoms with Crippen LogP contribution >= 0.6 is 0 Å². The summed E-state index contributed by atoms with van der Waals surface area (Å²) in [5.41, 5.74) is 6.80. The van der Waals surface area contributed by atoms with Crippen molar-refractivity contribution in [1.82, 2.24) is 9.55 Å². The van der Waals surface area contributed by atoms with Crippen LogP contribution in [-0.4, -0.2) is 45.0 Å². The van der Waals surface area contributed by atoms with Gasteiger partial charge in [0, 0.05) is 58.8 Å². The first kappa shape index (κ1) is 24.0. The predicted molar refractivity (Wildman–Crippen MR) is 152 cm³/mol. The topological polar surface area (TPSA) is 131 Å². The number of hydrogen-bond acceptors (Lipinski definition) is 7. The second kappa shape index (κ2) is 8.98. The first-order valence-electron chi connectivity index (χ1n) is 13.2. The maximum Gasteiger partial charge on any atom is 0.328 e. The van der Waals surface area contributed by atoms with Crippen LogP contribution in [0.2, 0.25) is 0 Å². The van der Waals surface area contributed by atoms with E-state index in [9.17, 15) is 19.7 Å². The quantitative estimate of drug-likeness (QED) is 0.159. The van der Waals surface area contributed by atoms with Crippen molar-refractivity contribution in [3.05, 3.63) is 88.1 Å². The number of hydrogen-bond donors (Lipinski definition) is 3. The van der Waals surface area contributed by atoms with E-state index in [0.29, 0.717) is 36.2 Å². The molecule has 2 aliphatic heterocycles. The molecule has 200 valence electrons. The Morgan fingerprint density at radius 2 is 1.65 bits per heavy atom. The van der Waals surface area contributed by atoms with Gasteiger partial charge in [-0.25, -0.2) is 4.79 Å². The molecule has 0 fully saturated rings. The summed E-state index contributed by atoms with van der Waals surface area (Å²) >= 11 is 0. The van der Waals surface area contributed by atoms with Gasteiger partial charge in [-0.2, -0.15) is 0 Å². The Morgan fingerprint density at radius 3 is 2.40 bits per heavy atom. The number of esters is 1. The minimum Gasteiger partial charge on any atom is -0.464 e. The highest BCUT2D eigenvalue weighted by atomic mass is 16.6. The monoisotopic (exact) mass is 535 g/mol. The highest BCUT2D eigenvalue weighted by molar-refractivity contribution is 6.06. The van der Waals surface area contributed by atoms with Crippen molar-refractivity contribution >= 4 is 50.7 Å². The molecule has 2 aromatic heterocycles. The zero-order valence-electron chi connectivity index (χ0n) is 21.6. The third-order valence-corrected chi connectivity index (χ3v) is 7.88. The fourth-order valence-electron chi connectivity index (χ4n) is 6.02. The fraction of sp³-hybridized carbons (Fsp3) is 0.200. The van der Waals surface area contributed by atoms with Gasteiger partial charge in [-0.3, -0.25) is 19.5 Å². The highest BCUT2D eigenvalue weighted by Gasteiger charge is 2.34. The zero-order valence-corrected chi connectivity index (χ0v) is 21.6. The molecule has 0 radical (unpaired) electrons. The molecule has 3 N–H and O–H groups in total. The number of non-ortho nitro benzene ring substituents is 1. The average Bonchev–Trinajstić information content (AvgIpc) is 3.74. The van der Waals surface area contributed by atoms with E-state index in [1.165, 1.54) is 12.1 Å². The lowest BCUT2D eigenvalue weighted by Crippen LogP contribution is -2.32. The summed E-state index contributed by atoms with van der Waals surface area (Å²) in [7, 11) is 0. The molecule has 10 heteroatoms. The Bertz CT molecular complexity index is 1850. The number of carbonyl (C=O) groups is 2. The third kappa shape index (κ3) is 3.64. The third-order valence-electron chi connectivity index (χ3n) is 7.88. The second-order valence-corrected chi connectivity index (χ2v) is 10.1. The number of carbonyl (C=O) groups excluding carboxylic acids is 2. The standard InChI is InChI=1S/C30H25N5O5/c1-2-40-30(37)26-14-20-21-15-28(16-3-5-17(6-4-16)35(38)39)34(27(21)10-9-24(20)33-26)29(36)25-13-19-18-11-12-31-22(18)7-8-23(19)32-25/h3-12,15,25-26,31-33H,2,13-14H2,1H3. The van der Waals surface area contributed by atoms with Crippen LogP contribution in [0.15, 0.2) is 66.9 Å². The number of fused-ring (bicyclic) bond motifs is 6. The molecule has 2 aliphatic rings. The molecular formula is C30H25N5O5. The van der Waals surface area contributed by atoms with E-state index in [1.807, 2.05) is 42.6 Å². The molecular weight excluding hydrogens is 510 g/mol. The summed E-state index contributed by atoms with van der Waals surface area (Å²) in [6, 6.07) is 16.9. The van der Waals surface area contributed by atoms with Gasteiger partial charge in [-0.05, 0) is 72.1 Å². The number of nitrogens with zero attached hydrogens (tertiary/aromatic N) is 2. The number of H-pyrrole nitrogens is 1. The van der Waals surface area contributed by atoms with Gasteiger partial charge < -0.3 is 20.4 Å². The smallest absolute Gasteiger partial charge is 0.328 e. The van der Waals surface area contributed by atoms with Crippen molar-refractivity contribution < 1.29 is 19.2 Å². The molecule has 40 heavy (non-hydrogen) atoms. The van der Waals surface area contributed by atoms with Gasteiger partial charge in [-0.1, -0.05) is 0 Å². The van der Waals surface area contributed by atoms with Crippen molar-refractivity contribution in [3.8, 4) is 11.3 Å². The van der Waals surface area contributed by atoms with Crippen LogP contribution in [-0.2, 0) is 22.4 Å². The van der Waals surface area contributed by atoms with E-state index < -0.39 is 17.0 Å². The first-order chi connectivity index (χ1) is 19.4. The number of rotatable bonds is 5. The fourth-order valence-corrected chi connectivity index (χ4v) is 6.02. The van der Waals surface area contributed by atoms with Crippen LogP contribution in [0.1, 0.15) is 22.8 Å². The Hall–Kier alpha value is -5.12. The van der Waals surface area contributed by atoms with E-state index >= 15 is 0 Å². The van der Waals surface area contributed by atoms with E-state index in [1.54, 1.807) is 23.6 Å². The van der Waals surface area contributed by atoms with Gasteiger partial charge in [0.05, 0.1) is 22.7 Å². The minimum atomic E-state index is -0.503. The molecule has 0 saturated heterocycles. The van der Waals surface area contributed by atoms with Crippen molar-refractivity contribution in [2.24, 2.45) is 0 Å². The SMILES string of the molecule is CCOC(=O)C1Cc2c(ccc3c2cc(-c2ccc([N+](=O)[O-])cc2)n3C(=O)C2Cc3c(ccc4[nH]ccc34)N2)N1. The van der Waals surface area contributed by atoms with Gasteiger partial charge in [0.1, 0.15) is 12.1 Å². The summed E-state index contributed by atoms with van der Waals surface area (Å²) in [6.45, 7) is 2.07. The van der Waals surface area contributed by atoms with Crippen LogP contribution in [0.3, 0.4) is 0 Å². The Morgan fingerprint density at radius 1 is 0.950 bits per heavy atom. The van der Waals surface area contributed by atoms with E-state index in [0.717, 1.165) is 38.8 Å². The number of aromatic amines is 1. The molecule has 0 bridgehead atoms. The molecule has 2 atom stereocenters. The lowest BCUT2D eigenvalue weighted by Gasteiger charge is -2.15. The lowest BCUT2D eigenvalue weighted by atomic mass is 10.0. The zero-order chi connectivity index (χ0) is 27.5. The van der Waals surface area contributed by atoms with Gasteiger partial charge in [0.2, 0.25) is 0 Å². The lowest BCUT2D eigenvalue weighted by molar-refractivity contribution is -0.384. The number of ether oxygens (including phenoxy) is 1. The highest BCUT2D eigenvalue weighted by Crippen LogP contribution is 2.39. The molecule has 5 aromatic rings. The van der Waals surface area contributed by atoms with E-state index in [4.69, 9.17) is 4.74 Å². The number of nitro benzene ring substituents is 1. The van der Waals surface area contributed by atoms with Crippen LogP contribution in [0, 0.1) is 10.1 Å². The Labute approximate surface area is 228 Å². The number of nitro groups is 1.